The van der Waals surface area contributed by atoms with Gasteiger partial charge in [0.15, 0.2) is 0 Å². The maximum atomic E-state index is 8.83. The Kier molecular flexibility index (Phi) is 3.02. The van der Waals surface area contributed by atoms with Gasteiger partial charge in [0.25, 0.3) is 0 Å². The quantitative estimate of drug-likeness (QED) is 0.776. The van der Waals surface area contributed by atoms with Crippen molar-refractivity contribution < 1.29 is 0 Å². The fraction of sp³-hybridized carbons (Fsp3) is 0.0667. The molecule has 0 aromatic heterocycles. The first kappa shape index (κ1) is 11.1. The lowest BCUT2D eigenvalue weighted by Gasteiger charge is -2.05. The standard InChI is InChI=1S/C15H12N2/c1-11-5-7-13(8-6-11)15(17)14-4-2-3-12(9-14)10-16/h2-9,17H,1H3. The molecule has 0 aliphatic carbocycles. The molecule has 0 bridgehead atoms. The van der Waals surface area contributed by atoms with E-state index in [9.17, 15) is 0 Å². The number of benzene rings is 2. The molecule has 2 aromatic carbocycles. The second kappa shape index (κ2) is 4.63. The fourth-order valence-corrected chi connectivity index (χ4v) is 1.63. The van der Waals surface area contributed by atoms with E-state index < -0.39 is 0 Å². The average Bonchev–Trinajstić information content (AvgIpc) is 2.39. The molecule has 0 aliphatic rings. The molecule has 0 radical (unpaired) electrons. The number of hydrogen-bond donors (Lipinski definition) is 1. The van der Waals surface area contributed by atoms with Gasteiger partial charge in [-0.2, -0.15) is 5.26 Å². The number of nitrogens with zero attached hydrogens (tertiary/aromatic N) is 1. The van der Waals surface area contributed by atoms with Crippen LogP contribution in [-0.2, 0) is 0 Å². The summed E-state index contributed by atoms with van der Waals surface area (Å²) in [6.07, 6.45) is 0. The van der Waals surface area contributed by atoms with Gasteiger partial charge in [0, 0.05) is 11.1 Å². The molecule has 0 atom stereocenters. The maximum Gasteiger partial charge on any atom is 0.0991 e. The zero-order valence-electron chi connectivity index (χ0n) is 9.57. The lowest BCUT2D eigenvalue weighted by atomic mass is 10.00. The third-order valence-corrected chi connectivity index (χ3v) is 2.62. The molecule has 82 valence electrons. The van der Waals surface area contributed by atoms with Gasteiger partial charge in [0.1, 0.15) is 0 Å². The Morgan fingerprint density at radius 3 is 2.41 bits per heavy atom. The van der Waals surface area contributed by atoms with E-state index in [1.54, 1.807) is 18.2 Å². The first-order valence-corrected chi connectivity index (χ1v) is 5.37. The minimum Gasteiger partial charge on any atom is -0.300 e. The summed E-state index contributed by atoms with van der Waals surface area (Å²) < 4.78 is 0. The monoisotopic (exact) mass is 220 g/mol. The number of rotatable bonds is 2. The van der Waals surface area contributed by atoms with Crippen molar-refractivity contribution in [2.75, 3.05) is 0 Å². The van der Waals surface area contributed by atoms with Gasteiger partial charge in [-0.1, -0.05) is 42.0 Å². The summed E-state index contributed by atoms with van der Waals surface area (Å²) in [5, 5.41) is 16.9. The SMILES string of the molecule is Cc1ccc(C(=N)c2cccc(C#N)c2)cc1. The van der Waals surface area contributed by atoms with Crippen molar-refractivity contribution in [1.29, 1.82) is 10.7 Å². The van der Waals surface area contributed by atoms with E-state index >= 15 is 0 Å². The summed E-state index contributed by atoms with van der Waals surface area (Å²) in [4.78, 5) is 0. The Bertz CT molecular complexity index is 589. The van der Waals surface area contributed by atoms with E-state index in [0.29, 0.717) is 11.3 Å². The summed E-state index contributed by atoms with van der Waals surface area (Å²) in [5.41, 5.74) is 3.84. The molecule has 0 saturated carbocycles. The van der Waals surface area contributed by atoms with Gasteiger partial charge in [-0.3, -0.25) is 5.41 Å². The first-order chi connectivity index (χ1) is 8.20. The Morgan fingerprint density at radius 2 is 1.76 bits per heavy atom. The Hall–Kier alpha value is -2.40. The van der Waals surface area contributed by atoms with Crippen molar-refractivity contribution >= 4 is 5.71 Å². The van der Waals surface area contributed by atoms with Crippen molar-refractivity contribution in [1.82, 2.24) is 0 Å². The van der Waals surface area contributed by atoms with Gasteiger partial charge >= 0.3 is 0 Å². The van der Waals surface area contributed by atoms with Gasteiger partial charge in [-0.05, 0) is 19.1 Å². The van der Waals surface area contributed by atoms with E-state index in [2.05, 4.69) is 6.07 Å². The number of hydrogen-bond acceptors (Lipinski definition) is 2. The molecule has 0 unspecified atom stereocenters. The van der Waals surface area contributed by atoms with Crippen LogP contribution in [0.5, 0.6) is 0 Å². The molecule has 1 N–H and O–H groups in total. The lowest BCUT2D eigenvalue weighted by molar-refractivity contribution is 1.41. The number of nitrogens with one attached hydrogen (secondary N) is 1. The highest BCUT2D eigenvalue weighted by Crippen LogP contribution is 2.12. The van der Waals surface area contributed by atoms with Crippen LogP contribution in [0.25, 0.3) is 0 Å². The van der Waals surface area contributed by atoms with E-state index in [4.69, 9.17) is 10.7 Å². The Labute approximate surface area is 101 Å². The zero-order valence-corrected chi connectivity index (χ0v) is 9.57. The van der Waals surface area contributed by atoms with Crippen LogP contribution in [0.15, 0.2) is 48.5 Å². The fourth-order valence-electron chi connectivity index (χ4n) is 1.63. The summed E-state index contributed by atoms with van der Waals surface area (Å²) in [5.74, 6) is 0. The van der Waals surface area contributed by atoms with Crippen LogP contribution in [0.2, 0.25) is 0 Å². The molecule has 0 spiro atoms. The second-order valence-electron chi connectivity index (χ2n) is 3.93. The molecule has 2 heteroatoms. The van der Waals surface area contributed by atoms with E-state index in [-0.39, 0.29) is 0 Å². The highest BCUT2D eigenvalue weighted by molar-refractivity contribution is 6.10. The van der Waals surface area contributed by atoms with Crippen molar-refractivity contribution in [3.8, 4) is 6.07 Å². The van der Waals surface area contributed by atoms with Crippen LogP contribution in [-0.4, -0.2) is 5.71 Å². The largest absolute Gasteiger partial charge is 0.300 e. The second-order valence-corrected chi connectivity index (χ2v) is 3.93. The third-order valence-electron chi connectivity index (χ3n) is 2.62. The number of aryl methyl sites for hydroxylation is 1. The topological polar surface area (TPSA) is 47.6 Å². The average molecular weight is 220 g/mol. The molecule has 0 saturated heterocycles. The molecule has 0 fully saturated rings. The summed E-state index contributed by atoms with van der Waals surface area (Å²) in [7, 11) is 0. The number of nitriles is 1. The molecule has 0 amide bonds. The highest BCUT2D eigenvalue weighted by Gasteiger charge is 2.04. The van der Waals surface area contributed by atoms with Crippen LogP contribution in [0.4, 0.5) is 0 Å². The normalized spacial score (nSPS) is 9.65. The van der Waals surface area contributed by atoms with Crippen LogP contribution in [0.1, 0.15) is 22.3 Å². The molecule has 0 heterocycles. The zero-order chi connectivity index (χ0) is 12.3. The summed E-state index contributed by atoms with van der Waals surface area (Å²) >= 11 is 0. The Morgan fingerprint density at radius 1 is 1.06 bits per heavy atom. The van der Waals surface area contributed by atoms with Crippen molar-refractivity contribution in [3.63, 3.8) is 0 Å². The Balaban J connectivity index is 2.37. The van der Waals surface area contributed by atoms with Crippen molar-refractivity contribution in [3.05, 3.63) is 70.8 Å². The molecular weight excluding hydrogens is 208 g/mol. The predicted molar refractivity (Wildman–Crippen MR) is 68.3 cm³/mol. The minimum atomic E-state index is 0.446. The first-order valence-electron chi connectivity index (χ1n) is 5.37. The van der Waals surface area contributed by atoms with Crippen LogP contribution in [0, 0.1) is 23.7 Å². The summed E-state index contributed by atoms with van der Waals surface area (Å²) in [6.45, 7) is 2.02. The minimum absolute atomic E-state index is 0.446. The molecule has 2 nitrogen and oxygen atoms in total. The maximum absolute atomic E-state index is 8.83. The van der Waals surface area contributed by atoms with Gasteiger partial charge in [-0.25, -0.2) is 0 Å². The molecule has 17 heavy (non-hydrogen) atoms. The smallest absolute Gasteiger partial charge is 0.0991 e. The van der Waals surface area contributed by atoms with Crippen LogP contribution >= 0.6 is 0 Å². The van der Waals surface area contributed by atoms with Crippen molar-refractivity contribution in [2.24, 2.45) is 0 Å². The van der Waals surface area contributed by atoms with Crippen LogP contribution < -0.4 is 0 Å². The molecular formula is C15H12N2. The van der Waals surface area contributed by atoms with Gasteiger partial charge < -0.3 is 0 Å². The van der Waals surface area contributed by atoms with E-state index in [1.165, 1.54) is 5.56 Å². The van der Waals surface area contributed by atoms with Gasteiger partial charge in [0.05, 0.1) is 17.3 Å². The third kappa shape index (κ3) is 2.40. The van der Waals surface area contributed by atoms with Crippen molar-refractivity contribution in [2.45, 2.75) is 6.92 Å². The van der Waals surface area contributed by atoms with E-state index in [0.717, 1.165) is 11.1 Å². The highest BCUT2D eigenvalue weighted by atomic mass is 14.4. The molecule has 2 aromatic rings. The van der Waals surface area contributed by atoms with Gasteiger partial charge in [-0.15, -0.1) is 0 Å². The summed E-state index contributed by atoms with van der Waals surface area (Å²) in [6, 6.07) is 17.0. The predicted octanol–water partition coefficient (Wildman–Crippen LogP) is 3.28. The molecule has 0 aliphatic heterocycles. The lowest BCUT2D eigenvalue weighted by Crippen LogP contribution is -2.01. The molecule has 2 rings (SSSR count). The van der Waals surface area contributed by atoms with E-state index in [1.807, 2.05) is 37.3 Å². The van der Waals surface area contributed by atoms with Gasteiger partial charge in [0.2, 0.25) is 0 Å². The van der Waals surface area contributed by atoms with Crippen LogP contribution in [0.3, 0.4) is 0 Å².